The summed E-state index contributed by atoms with van der Waals surface area (Å²) >= 11 is 0. The number of nitrogens with zero attached hydrogens (tertiary/aromatic N) is 2. The molecule has 0 aliphatic heterocycles. The molecule has 0 bridgehead atoms. The van der Waals surface area contributed by atoms with Crippen molar-refractivity contribution in [1.82, 2.24) is 9.97 Å². The lowest BCUT2D eigenvalue weighted by Gasteiger charge is -2.10. The van der Waals surface area contributed by atoms with Crippen molar-refractivity contribution in [2.24, 2.45) is 0 Å². The summed E-state index contributed by atoms with van der Waals surface area (Å²) in [6.45, 7) is 5.81. The van der Waals surface area contributed by atoms with E-state index >= 15 is 0 Å². The Hall–Kier alpha value is -2.10. The standard InChI is InChI=1S/C16H22N4/c1-3-17-16-19-12-13(2)15(20-16)18-11-7-10-14-8-5-4-6-9-14/h4-6,8-9,12H,3,7,10-11H2,1-2H3,(H2,17,18,19,20). The smallest absolute Gasteiger partial charge is 0.224 e. The van der Waals surface area contributed by atoms with E-state index in [4.69, 9.17) is 0 Å². The van der Waals surface area contributed by atoms with Crippen molar-refractivity contribution < 1.29 is 0 Å². The summed E-state index contributed by atoms with van der Waals surface area (Å²) in [5.74, 6) is 1.60. The maximum absolute atomic E-state index is 4.47. The van der Waals surface area contributed by atoms with Crippen LogP contribution in [0.15, 0.2) is 36.5 Å². The van der Waals surface area contributed by atoms with Crippen LogP contribution in [-0.2, 0) is 6.42 Å². The molecule has 2 rings (SSSR count). The van der Waals surface area contributed by atoms with Gasteiger partial charge in [-0.05, 0) is 32.3 Å². The Morgan fingerprint density at radius 2 is 1.90 bits per heavy atom. The molecule has 0 amide bonds. The average molecular weight is 270 g/mol. The first-order valence-electron chi connectivity index (χ1n) is 7.15. The largest absolute Gasteiger partial charge is 0.370 e. The van der Waals surface area contributed by atoms with Gasteiger partial charge in [0.25, 0.3) is 0 Å². The summed E-state index contributed by atoms with van der Waals surface area (Å²) in [6.07, 6.45) is 4.02. The SMILES string of the molecule is CCNc1ncc(C)c(NCCCc2ccccc2)n1. The average Bonchev–Trinajstić information content (AvgIpc) is 2.48. The maximum atomic E-state index is 4.47. The molecular weight excluding hydrogens is 248 g/mol. The van der Waals surface area contributed by atoms with Gasteiger partial charge in [0.05, 0.1) is 0 Å². The summed E-state index contributed by atoms with van der Waals surface area (Å²) in [5.41, 5.74) is 2.45. The lowest BCUT2D eigenvalue weighted by Crippen LogP contribution is -2.09. The minimum Gasteiger partial charge on any atom is -0.370 e. The van der Waals surface area contributed by atoms with Gasteiger partial charge in [-0.3, -0.25) is 0 Å². The van der Waals surface area contributed by atoms with E-state index in [1.807, 2.05) is 26.1 Å². The molecule has 106 valence electrons. The molecule has 0 aliphatic rings. The minimum atomic E-state index is 0.684. The molecular formula is C16H22N4. The monoisotopic (exact) mass is 270 g/mol. The van der Waals surface area contributed by atoms with Crippen molar-refractivity contribution in [3.63, 3.8) is 0 Å². The van der Waals surface area contributed by atoms with Crippen LogP contribution >= 0.6 is 0 Å². The van der Waals surface area contributed by atoms with E-state index in [9.17, 15) is 0 Å². The highest BCUT2D eigenvalue weighted by Gasteiger charge is 2.02. The van der Waals surface area contributed by atoms with Crippen LogP contribution in [0, 0.1) is 6.92 Å². The van der Waals surface area contributed by atoms with Crippen molar-refractivity contribution >= 4 is 11.8 Å². The van der Waals surface area contributed by atoms with Crippen molar-refractivity contribution in [2.75, 3.05) is 23.7 Å². The van der Waals surface area contributed by atoms with Gasteiger partial charge in [0, 0.05) is 24.8 Å². The van der Waals surface area contributed by atoms with Crippen LogP contribution in [0.4, 0.5) is 11.8 Å². The Morgan fingerprint density at radius 1 is 1.10 bits per heavy atom. The van der Waals surface area contributed by atoms with E-state index < -0.39 is 0 Å². The van der Waals surface area contributed by atoms with Crippen LogP contribution in [0.25, 0.3) is 0 Å². The fraction of sp³-hybridized carbons (Fsp3) is 0.375. The Balaban J connectivity index is 1.83. The minimum absolute atomic E-state index is 0.684. The van der Waals surface area contributed by atoms with Crippen LogP contribution in [0.3, 0.4) is 0 Å². The third kappa shape index (κ3) is 4.23. The van der Waals surface area contributed by atoms with Crippen molar-refractivity contribution in [3.05, 3.63) is 47.7 Å². The van der Waals surface area contributed by atoms with Gasteiger partial charge < -0.3 is 10.6 Å². The molecule has 0 fully saturated rings. The van der Waals surface area contributed by atoms with Gasteiger partial charge in [0.1, 0.15) is 5.82 Å². The van der Waals surface area contributed by atoms with Gasteiger partial charge in [-0.25, -0.2) is 4.98 Å². The normalized spacial score (nSPS) is 10.3. The highest BCUT2D eigenvalue weighted by molar-refractivity contribution is 5.46. The van der Waals surface area contributed by atoms with Crippen molar-refractivity contribution in [2.45, 2.75) is 26.7 Å². The quantitative estimate of drug-likeness (QED) is 0.758. The van der Waals surface area contributed by atoms with E-state index in [2.05, 4.69) is 44.9 Å². The third-order valence-electron chi connectivity index (χ3n) is 3.08. The number of rotatable bonds is 7. The Morgan fingerprint density at radius 3 is 2.65 bits per heavy atom. The second-order valence-corrected chi connectivity index (χ2v) is 4.77. The van der Waals surface area contributed by atoms with E-state index in [1.54, 1.807) is 0 Å². The second kappa shape index (κ2) is 7.48. The molecule has 1 aromatic heterocycles. The molecule has 0 saturated carbocycles. The Bertz CT molecular complexity index is 525. The van der Waals surface area contributed by atoms with Crippen molar-refractivity contribution in [1.29, 1.82) is 0 Å². The lowest BCUT2D eigenvalue weighted by molar-refractivity contribution is 0.856. The van der Waals surface area contributed by atoms with Crippen LogP contribution in [0.1, 0.15) is 24.5 Å². The summed E-state index contributed by atoms with van der Waals surface area (Å²) in [6, 6.07) is 10.5. The molecule has 4 heteroatoms. The molecule has 2 N–H and O–H groups in total. The maximum Gasteiger partial charge on any atom is 0.224 e. The number of benzene rings is 1. The fourth-order valence-corrected chi connectivity index (χ4v) is 2.01. The third-order valence-corrected chi connectivity index (χ3v) is 3.08. The first kappa shape index (κ1) is 14.3. The molecule has 0 atom stereocenters. The second-order valence-electron chi connectivity index (χ2n) is 4.77. The number of hydrogen-bond acceptors (Lipinski definition) is 4. The van der Waals surface area contributed by atoms with Gasteiger partial charge >= 0.3 is 0 Å². The van der Waals surface area contributed by atoms with Gasteiger partial charge in [0.2, 0.25) is 5.95 Å². The predicted molar refractivity (Wildman–Crippen MR) is 84.2 cm³/mol. The molecule has 0 spiro atoms. The Kier molecular flexibility index (Phi) is 5.35. The Labute approximate surface area is 120 Å². The number of aryl methyl sites for hydroxylation is 2. The fourth-order valence-electron chi connectivity index (χ4n) is 2.01. The van der Waals surface area contributed by atoms with Crippen LogP contribution < -0.4 is 10.6 Å². The molecule has 0 aliphatic carbocycles. The predicted octanol–water partition coefficient (Wildman–Crippen LogP) is 3.26. The van der Waals surface area contributed by atoms with Gasteiger partial charge in [-0.2, -0.15) is 4.98 Å². The zero-order valence-corrected chi connectivity index (χ0v) is 12.2. The molecule has 1 aromatic carbocycles. The van der Waals surface area contributed by atoms with Crippen LogP contribution in [0.2, 0.25) is 0 Å². The zero-order chi connectivity index (χ0) is 14.2. The number of aromatic nitrogens is 2. The molecule has 0 unspecified atom stereocenters. The van der Waals surface area contributed by atoms with Crippen LogP contribution in [-0.4, -0.2) is 23.1 Å². The number of anilines is 2. The van der Waals surface area contributed by atoms with Crippen molar-refractivity contribution in [3.8, 4) is 0 Å². The summed E-state index contributed by atoms with van der Waals surface area (Å²) in [4.78, 5) is 8.72. The molecule has 0 radical (unpaired) electrons. The molecule has 2 aromatic rings. The summed E-state index contributed by atoms with van der Waals surface area (Å²) < 4.78 is 0. The van der Waals surface area contributed by atoms with E-state index in [-0.39, 0.29) is 0 Å². The molecule has 20 heavy (non-hydrogen) atoms. The van der Waals surface area contributed by atoms with E-state index in [0.717, 1.165) is 37.3 Å². The van der Waals surface area contributed by atoms with Gasteiger partial charge in [0.15, 0.2) is 0 Å². The van der Waals surface area contributed by atoms with E-state index in [1.165, 1.54) is 5.56 Å². The van der Waals surface area contributed by atoms with Crippen LogP contribution in [0.5, 0.6) is 0 Å². The van der Waals surface area contributed by atoms with Gasteiger partial charge in [-0.15, -0.1) is 0 Å². The molecule has 0 saturated heterocycles. The first-order valence-corrected chi connectivity index (χ1v) is 7.15. The number of nitrogens with one attached hydrogen (secondary N) is 2. The van der Waals surface area contributed by atoms with E-state index in [0.29, 0.717) is 5.95 Å². The molecule has 1 heterocycles. The summed E-state index contributed by atoms with van der Waals surface area (Å²) in [7, 11) is 0. The molecule has 4 nitrogen and oxygen atoms in total. The number of hydrogen-bond donors (Lipinski definition) is 2. The zero-order valence-electron chi connectivity index (χ0n) is 12.2. The highest BCUT2D eigenvalue weighted by atomic mass is 15.1. The van der Waals surface area contributed by atoms with Gasteiger partial charge in [-0.1, -0.05) is 30.3 Å². The summed E-state index contributed by atoms with van der Waals surface area (Å²) in [5, 5.41) is 6.52. The first-order chi connectivity index (χ1) is 9.79. The topological polar surface area (TPSA) is 49.8 Å². The lowest BCUT2D eigenvalue weighted by atomic mass is 10.1. The highest BCUT2D eigenvalue weighted by Crippen LogP contribution is 2.12.